The fraction of sp³-hybridized carbons (Fsp3) is 0.455. The van der Waals surface area contributed by atoms with Crippen LogP contribution in [0.2, 0.25) is 0 Å². The van der Waals surface area contributed by atoms with Gasteiger partial charge in [0.15, 0.2) is 0 Å². The molecular formula is C11H16N4O. The third-order valence-electron chi connectivity index (χ3n) is 2.01. The van der Waals surface area contributed by atoms with Gasteiger partial charge in [0.25, 0.3) is 0 Å². The minimum Gasteiger partial charge on any atom is -0.396 e. The zero-order chi connectivity index (χ0) is 11.8. The van der Waals surface area contributed by atoms with Gasteiger partial charge in [-0.25, -0.2) is 4.98 Å². The van der Waals surface area contributed by atoms with Crippen LogP contribution in [0.4, 0.5) is 11.5 Å². The molecule has 3 N–H and O–H groups in total. The monoisotopic (exact) mass is 220 g/mol. The molecule has 5 nitrogen and oxygen atoms in total. The van der Waals surface area contributed by atoms with Crippen molar-refractivity contribution in [2.24, 2.45) is 0 Å². The van der Waals surface area contributed by atoms with Crippen molar-refractivity contribution in [3.63, 3.8) is 0 Å². The summed E-state index contributed by atoms with van der Waals surface area (Å²) in [5, 5.41) is 11.7. The van der Waals surface area contributed by atoms with E-state index in [4.69, 9.17) is 15.7 Å². The minimum atomic E-state index is 0.470. The van der Waals surface area contributed by atoms with Gasteiger partial charge >= 0.3 is 0 Å². The average molecular weight is 220 g/mol. The summed E-state index contributed by atoms with van der Waals surface area (Å²) in [6.45, 7) is 4.17. The molecule has 0 aliphatic carbocycles. The summed E-state index contributed by atoms with van der Waals surface area (Å²) in [5.74, 6) is 0.621. The maximum Gasteiger partial charge on any atom is 0.149 e. The summed E-state index contributed by atoms with van der Waals surface area (Å²) >= 11 is 0. The lowest BCUT2D eigenvalue weighted by molar-refractivity contribution is 0.147. The highest BCUT2D eigenvalue weighted by atomic mass is 16.5. The molecule has 16 heavy (non-hydrogen) atoms. The summed E-state index contributed by atoms with van der Waals surface area (Å²) in [7, 11) is 0. The Kier molecular flexibility index (Phi) is 5.09. The molecule has 1 heterocycles. The van der Waals surface area contributed by atoms with E-state index in [1.165, 1.54) is 6.20 Å². The molecule has 0 atom stereocenters. The van der Waals surface area contributed by atoms with Gasteiger partial charge in [0.1, 0.15) is 11.9 Å². The summed E-state index contributed by atoms with van der Waals surface area (Å²) in [5.41, 5.74) is 6.70. The number of nitrogens with one attached hydrogen (secondary N) is 1. The zero-order valence-corrected chi connectivity index (χ0v) is 9.36. The van der Waals surface area contributed by atoms with E-state index in [9.17, 15) is 0 Å². The summed E-state index contributed by atoms with van der Waals surface area (Å²) in [6.07, 6.45) is 2.40. The average Bonchev–Trinajstić information content (AvgIpc) is 2.30. The standard InChI is InChI=1S/C11H16N4O/c1-2-16-5-3-4-14-11-10(13)6-9(7-12)8-15-11/h6,8H,2-5,13H2,1H3,(H,14,15). The molecular weight excluding hydrogens is 204 g/mol. The van der Waals surface area contributed by atoms with Crippen LogP contribution in [0.5, 0.6) is 0 Å². The lowest BCUT2D eigenvalue weighted by atomic mass is 10.3. The second kappa shape index (κ2) is 6.64. The van der Waals surface area contributed by atoms with Gasteiger partial charge in [0.2, 0.25) is 0 Å². The van der Waals surface area contributed by atoms with Crippen molar-refractivity contribution in [3.05, 3.63) is 17.8 Å². The predicted octanol–water partition coefficient (Wildman–Crippen LogP) is 1.37. The molecule has 0 aliphatic rings. The Hall–Kier alpha value is -1.80. The maximum absolute atomic E-state index is 8.64. The topological polar surface area (TPSA) is 84.0 Å². The number of nitrogens with zero attached hydrogens (tertiary/aromatic N) is 2. The van der Waals surface area contributed by atoms with E-state index < -0.39 is 0 Å². The second-order valence-corrected chi connectivity index (χ2v) is 3.25. The lowest BCUT2D eigenvalue weighted by Crippen LogP contribution is -2.08. The van der Waals surface area contributed by atoms with Crippen molar-refractivity contribution in [2.45, 2.75) is 13.3 Å². The van der Waals surface area contributed by atoms with Crippen LogP contribution in [-0.2, 0) is 4.74 Å². The van der Waals surface area contributed by atoms with Crippen LogP contribution in [0.1, 0.15) is 18.9 Å². The van der Waals surface area contributed by atoms with E-state index in [2.05, 4.69) is 10.3 Å². The van der Waals surface area contributed by atoms with Gasteiger partial charge in [0, 0.05) is 26.0 Å². The van der Waals surface area contributed by atoms with Crippen LogP contribution in [-0.4, -0.2) is 24.7 Å². The van der Waals surface area contributed by atoms with E-state index >= 15 is 0 Å². The molecule has 0 saturated carbocycles. The third kappa shape index (κ3) is 3.75. The first-order valence-corrected chi connectivity index (χ1v) is 5.25. The quantitative estimate of drug-likeness (QED) is 0.707. The molecule has 0 amide bonds. The summed E-state index contributed by atoms with van der Waals surface area (Å²) in [6, 6.07) is 3.60. The fourth-order valence-electron chi connectivity index (χ4n) is 1.22. The highest BCUT2D eigenvalue weighted by molar-refractivity contribution is 5.62. The van der Waals surface area contributed by atoms with E-state index in [1.54, 1.807) is 6.07 Å². The number of hydrogen-bond acceptors (Lipinski definition) is 5. The van der Waals surface area contributed by atoms with Gasteiger partial charge in [-0.1, -0.05) is 0 Å². The van der Waals surface area contributed by atoms with Crippen molar-refractivity contribution < 1.29 is 4.74 Å². The van der Waals surface area contributed by atoms with Gasteiger partial charge in [-0.05, 0) is 19.4 Å². The molecule has 0 bridgehead atoms. The molecule has 1 aromatic rings. The molecule has 0 fully saturated rings. The maximum atomic E-state index is 8.64. The van der Waals surface area contributed by atoms with Crippen LogP contribution in [0.3, 0.4) is 0 Å². The van der Waals surface area contributed by atoms with Crippen LogP contribution >= 0.6 is 0 Å². The Morgan fingerprint density at radius 3 is 3.06 bits per heavy atom. The van der Waals surface area contributed by atoms with Crippen molar-refractivity contribution in [1.29, 1.82) is 5.26 Å². The van der Waals surface area contributed by atoms with Crippen LogP contribution in [0.25, 0.3) is 0 Å². The lowest BCUT2D eigenvalue weighted by Gasteiger charge is -2.08. The Balaban J connectivity index is 2.40. The van der Waals surface area contributed by atoms with Crippen LogP contribution in [0.15, 0.2) is 12.3 Å². The first-order valence-electron chi connectivity index (χ1n) is 5.25. The zero-order valence-electron chi connectivity index (χ0n) is 9.36. The Labute approximate surface area is 95.2 Å². The van der Waals surface area contributed by atoms with Crippen molar-refractivity contribution >= 4 is 11.5 Å². The van der Waals surface area contributed by atoms with Crippen LogP contribution < -0.4 is 11.1 Å². The van der Waals surface area contributed by atoms with Gasteiger partial charge in [-0.15, -0.1) is 0 Å². The first kappa shape index (κ1) is 12.3. The predicted molar refractivity (Wildman–Crippen MR) is 63.0 cm³/mol. The van der Waals surface area contributed by atoms with E-state index in [1.807, 2.05) is 13.0 Å². The molecule has 0 aromatic carbocycles. The molecule has 0 unspecified atom stereocenters. The van der Waals surface area contributed by atoms with Crippen molar-refractivity contribution in [3.8, 4) is 6.07 Å². The number of aromatic nitrogens is 1. The van der Waals surface area contributed by atoms with Crippen molar-refractivity contribution in [1.82, 2.24) is 4.98 Å². The molecule has 0 aliphatic heterocycles. The number of nitriles is 1. The van der Waals surface area contributed by atoms with E-state index in [0.717, 1.165) is 26.2 Å². The van der Waals surface area contributed by atoms with E-state index in [0.29, 0.717) is 17.1 Å². The van der Waals surface area contributed by atoms with Gasteiger partial charge in [0.05, 0.1) is 11.3 Å². The number of pyridine rings is 1. The number of ether oxygens (including phenoxy) is 1. The Morgan fingerprint density at radius 2 is 2.44 bits per heavy atom. The molecule has 0 radical (unpaired) electrons. The highest BCUT2D eigenvalue weighted by Crippen LogP contribution is 2.15. The van der Waals surface area contributed by atoms with Crippen molar-refractivity contribution in [2.75, 3.05) is 30.8 Å². The van der Waals surface area contributed by atoms with Gasteiger partial charge in [-0.3, -0.25) is 0 Å². The minimum absolute atomic E-state index is 0.470. The molecule has 0 saturated heterocycles. The molecule has 86 valence electrons. The second-order valence-electron chi connectivity index (χ2n) is 3.25. The smallest absolute Gasteiger partial charge is 0.149 e. The third-order valence-corrected chi connectivity index (χ3v) is 2.01. The number of anilines is 2. The van der Waals surface area contributed by atoms with E-state index in [-0.39, 0.29) is 0 Å². The fourth-order valence-corrected chi connectivity index (χ4v) is 1.22. The Bertz CT molecular complexity index is 373. The molecule has 1 rings (SSSR count). The number of hydrogen-bond donors (Lipinski definition) is 2. The number of rotatable bonds is 6. The highest BCUT2D eigenvalue weighted by Gasteiger charge is 2.01. The largest absolute Gasteiger partial charge is 0.396 e. The number of nitrogens with two attached hydrogens (primary N) is 1. The number of nitrogen functional groups attached to an aromatic ring is 1. The van der Waals surface area contributed by atoms with Gasteiger partial charge in [-0.2, -0.15) is 5.26 Å². The van der Waals surface area contributed by atoms with Crippen LogP contribution in [0, 0.1) is 11.3 Å². The molecule has 1 aromatic heterocycles. The molecule has 0 spiro atoms. The first-order chi connectivity index (χ1) is 7.77. The summed E-state index contributed by atoms with van der Waals surface area (Å²) < 4.78 is 5.20. The normalized spacial score (nSPS) is 9.75. The SMILES string of the molecule is CCOCCCNc1ncc(C#N)cc1N. The summed E-state index contributed by atoms with van der Waals surface area (Å²) in [4.78, 5) is 4.07. The Morgan fingerprint density at radius 1 is 1.62 bits per heavy atom. The van der Waals surface area contributed by atoms with Gasteiger partial charge < -0.3 is 15.8 Å². The molecule has 5 heteroatoms.